The lowest BCUT2D eigenvalue weighted by Gasteiger charge is -2.20. The molecule has 0 radical (unpaired) electrons. The standard InChI is InChI=1S/C23H24ClNO4/c1-28-20-11-18-15(9-21(20)29-17-4-2-3-5-17)8-16(12-26)19(13-27)23(18)14-6-7-25-22(24)10-14/h6-11,17,26-27H,2-5,12-13H2,1H3. The van der Waals surface area contributed by atoms with Gasteiger partial charge in [0.15, 0.2) is 11.5 Å². The van der Waals surface area contributed by atoms with Gasteiger partial charge in [-0.25, -0.2) is 4.98 Å². The fraction of sp³-hybridized carbons (Fsp3) is 0.348. The molecule has 152 valence electrons. The van der Waals surface area contributed by atoms with Crippen molar-refractivity contribution in [3.63, 3.8) is 0 Å². The van der Waals surface area contributed by atoms with Crippen molar-refractivity contribution in [3.8, 4) is 22.6 Å². The second kappa shape index (κ2) is 8.57. The Morgan fingerprint density at radius 1 is 1.07 bits per heavy atom. The zero-order valence-electron chi connectivity index (χ0n) is 16.3. The van der Waals surface area contributed by atoms with Crippen LogP contribution in [0.4, 0.5) is 0 Å². The number of aliphatic hydroxyl groups is 2. The van der Waals surface area contributed by atoms with E-state index >= 15 is 0 Å². The van der Waals surface area contributed by atoms with Crippen LogP contribution in [0, 0.1) is 0 Å². The fourth-order valence-electron chi connectivity index (χ4n) is 4.16. The van der Waals surface area contributed by atoms with Crippen LogP contribution in [0.1, 0.15) is 36.8 Å². The van der Waals surface area contributed by atoms with Gasteiger partial charge in [-0.05, 0) is 89.0 Å². The number of halogens is 1. The molecule has 0 spiro atoms. The number of hydrogen-bond acceptors (Lipinski definition) is 5. The number of methoxy groups -OCH3 is 1. The van der Waals surface area contributed by atoms with E-state index in [1.807, 2.05) is 24.3 Å². The largest absolute Gasteiger partial charge is 0.493 e. The summed E-state index contributed by atoms with van der Waals surface area (Å²) in [6.45, 7) is -0.383. The van der Waals surface area contributed by atoms with Crippen LogP contribution in [0.25, 0.3) is 21.9 Å². The van der Waals surface area contributed by atoms with E-state index in [-0.39, 0.29) is 19.3 Å². The number of fused-ring (bicyclic) bond motifs is 1. The summed E-state index contributed by atoms with van der Waals surface area (Å²) in [5.74, 6) is 1.35. The summed E-state index contributed by atoms with van der Waals surface area (Å²) in [7, 11) is 1.63. The first kappa shape index (κ1) is 20.0. The number of aromatic nitrogens is 1. The van der Waals surface area contributed by atoms with E-state index in [1.54, 1.807) is 19.4 Å². The van der Waals surface area contributed by atoms with E-state index < -0.39 is 0 Å². The summed E-state index contributed by atoms with van der Waals surface area (Å²) in [6, 6.07) is 9.39. The van der Waals surface area contributed by atoms with Crippen LogP contribution in [-0.2, 0) is 13.2 Å². The first-order chi connectivity index (χ1) is 14.1. The van der Waals surface area contributed by atoms with Gasteiger partial charge in [-0.15, -0.1) is 0 Å². The Morgan fingerprint density at radius 3 is 2.52 bits per heavy atom. The number of rotatable bonds is 6. The van der Waals surface area contributed by atoms with Crippen LogP contribution in [0.5, 0.6) is 11.5 Å². The molecular weight excluding hydrogens is 390 g/mol. The maximum Gasteiger partial charge on any atom is 0.162 e. The molecule has 2 N–H and O–H groups in total. The smallest absolute Gasteiger partial charge is 0.162 e. The summed E-state index contributed by atoms with van der Waals surface area (Å²) >= 11 is 6.13. The summed E-state index contributed by atoms with van der Waals surface area (Å²) in [5.41, 5.74) is 2.96. The number of benzene rings is 2. The first-order valence-corrected chi connectivity index (χ1v) is 10.2. The number of hydrogen-bond donors (Lipinski definition) is 2. The average molecular weight is 414 g/mol. The molecule has 5 nitrogen and oxygen atoms in total. The maximum absolute atomic E-state index is 10.1. The minimum Gasteiger partial charge on any atom is -0.493 e. The Kier molecular flexibility index (Phi) is 5.90. The van der Waals surface area contributed by atoms with E-state index in [4.69, 9.17) is 21.1 Å². The molecule has 1 fully saturated rings. The van der Waals surface area contributed by atoms with Crippen LogP contribution < -0.4 is 9.47 Å². The Morgan fingerprint density at radius 2 is 1.86 bits per heavy atom. The highest BCUT2D eigenvalue weighted by atomic mass is 35.5. The molecule has 0 saturated heterocycles. The fourth-order valence-corrected chi connectivity index (χ4v) is 4.33. The predicted octanol–water partition coefficient (Wildman–Crippen LogP) is 4.87. The molecule has 0 amide bonds. The van der Waals surface area contributed by atoms with E-state index in [0.29, 0.717) is 27.8 Å². The molecule has 1 aromatic heterocycles. The van der Waals surface area contributed by atoms with Crippen molar-refractivity contribution in [2.75, 3.05) is 7.11 Å². The second-order valence-electron chi connectivity index (χ2n) is 7.32. The van der Waals surface area contributed by atoms with Gasteiger partial charge in [-0.1, -0.05) is 11.6 Å². The Hall–Kier alpha value is -2.34. The SMILES string of the molecule is COc1cc2c(-c3ccnc(Cl)c3)c(CO)c(CO)cc2cc1OC1CCCC1. The minimum atomic E-state index is -0.205. The van der Waals surface area contributed by atoms with E-state index in [1.165, 1.54) is 12.8 Å². The van der Waals surface area contributed by atoms with Crippen molar-refractivity contribution in [2.24, 2.45) is 0 Å². The zero-order valence-corrected chi connectivity index (χ0v) is 17.1. The summed E-state index contributed by atoms with van der Waals surface area (Å²) in [4.78, 5) is 4.06. The molecule has 0 aliphatic heterocycles. The van der Waals surface area contributed by atoms with Gasteiger partial charge < -0.3 is 19.7 Å². The summed E-state index contributed by atoms with van der Waals surface area (Å²) < 4.78 is 11.9. The predicted molar refractivity (Wildman–Crippen MR) is 113 cm³/mol. The van der Waals surface area contributed by atoms with Crippen LogP contribution in [0.15, 0.2) is 36.5 Å². The lowest BCUT2D eigenvalue weighted by atomic mass is 9.90. The molecule has 0 atom stereocenters. The normalized spacial score (nSPS) is 14.5. The van der Waals surface area contributed by atoms with Gasteiger partial charge in [0, 0.05) is 6.20 Å². The minimum absolute atomic E-state index is 0.178. The molecule has 1 heterocycles. The monoisotopic (exact) mass is 413 g/mol. The molecule has 1 saturated carbocycles. The van der Waals surface area contributed by atoms with E-state index in [9.17, 15) is 10.2 Å². The molecular formula is C23H24ClNO4. The maximum atomic E-state index is 10.1. The molecule has 1 aliphatic rings. The Bertz CT molecular complexity index is 1030. The lowest BCUT2D eigenvalue weighted by molar-refractivity contribution is 0.201. The topological polar surface area (TPSA) is 71.8 Å². The highest BCUT2D eigenvalue weighted by Gasteiger charge is 2.21. The third-order valence-corrected chi connectivity index (χ3v) is 5.77. The number of nitrogens with zero attached hydrogens (tertiary/aromatic N) is 1. The first-order valence-electron chi connectivity index (χ1n) is 9.81. The molecule has 1 aliphatic carbocycles. The van der Waals surface area contributed by atoms with Crippen LogP contribution in [0.2, 0.25) is 5.15 Å². The van der Waals surface area contributed by atoms with Crippen LogP contribution in [-0.4, -0.2) is 28.4 Å². The van der Waals surface area contributed by atoms with Gasteiger partial charge in [0.25, 0.3) is 0 Å². The number of aliphatic hydroxyl groups excluding tert-OH is 2. The Labute approximate surface area is 174 Å². The van der Waals surface area contributed by atoms with Gasteiger partial charge in [0.2, 0.25) is 0 Å². The van der Waals surface area contributed by atoms with E-state index in [0.717, 1.165) is 34.7 Å². The molecule has 3 aromatic rings. The van der Waals surface area contributed by atoms with Crippen molar-refractivity contribution in [1.29, 1.82) is 0 Å². The second-order valence-corrected chi connectivity index (χ2v) is 7.71. The molecule has 29 heavy (non-hydrogen) atoms. The summed E-state index contributed by atoms with van der Waals surface area (Å²) in [6.07, 6.45) is 6.30. The molecule has 6 heteroatoms. The zero-order chi connectivity index (χ0) is 20.4. The third kappa shape index (κ3) is 3.90. The van der Waals surface area contributed by atoms with Crippen molar-refractivity contribution in [2.45, 2.75) is 45.0 Å². The third-order valence-electron chi connectivity index (χ3n) is 5.56. The highest BCUT2D eigenvalue weighted by Crippen LogP contribution is 2.42. The molecule has 0 unspecified atom stereocenters. The van der Waals surface area contributed by atoms with Crippen molar-refractivity contribution < 1.29 is 19.7 Å². The summed E-state index contributed by atoms with van der Waals surface area (Å²) in [5, 5.41) is 22.2. The van der Waals surface area contributed by atoms with Gasteiger partial charge in [0.1, 0.15) is 5.15 Å². The number of pyridine rings is 1. The van der Waals surface area contributed by atoms with Gasteiger partial charge >= 0.3 is 0 Å². The average Bonchev–Trinajstić information content (AvgIpc) is 3.24. The van der Waals surface area contributed by atoms with Crippen LogP contribution in [0.3, 0.4) is 0 Å². The quantitative estimate of drug-likeness (QED) is 0.564. The molecule has 2 aromatic carbocycles. The van der Waals surface area contributed by atoms with Crippen LogP contribution >= 0.6 is 11.6 Å². The van der Waals surface area contributed by atoms with Gasteiger partial charge in [-0.3, -0.25) is 0 Å². The van der Waals surface area contributed by atoms with E-state index in [2.05, 4.69) is 4.98 Å². The molecule has 0 bridgehead atoms. The lowest BCUT2D eigenvalue weighted by Crippen LogP contribution is -2.11. The Balaban J connectivity index is 1.96. The highest BCUT2D eigenvalue weighted by molar-refractivity contribution is 6.29. The van der Waals surface area contributed by atoms with Gasteiger partial charge in [0.05, 0.1) is 26.4 Å². The van der Waals surface area contributed by atoms with Gasteiger partial charge in [-0.2, -0.15) is 0 Å². The molecule has 4 rings (SSSR count). The van der Waals surface area contributed by atoms with Crippen molar-refractivity contribution in [3.05, 3.63) is 52.8 Å². The number of ether oxygens (including phenoxy) is 2. The van der Waals surface area contributed by atoms with Crippen molar-refractivity contribution >= 4 is 22.4 Å². The van der Waals surface area contributed by atoms with Crippen molar-refractivity contribution in [1.82, 2.24) is 4.98 Å².